The van der Waals surface area contributed by atoms with Gasteiger partial charge in [0.15, 0.2) is 0 Å². The Balaban J connectivity index is 1.57. The molecular formula is C19H25N3O. The number of fused-ring (bicyclic) bond motifs is 3. The number of nitrogens with zero attached hydrogens (tertiary/aromatic N) is 2. The van der Waals surface area contributed by atoms with Crippen molar-refractivity contribution in [3.05, 3.63) is 29.6 Å². The first-order chi connectivity index (χ1) is 11.2. The van der Waals surface area contributed by atoms with Crippen LogP contribution in [0.1, 0.15) is 61.6 Å². The Bertz CT molecular complexity index is 728. The molecule has 0 spiro atoms. The summed E-state index contributed by atoms with van der Waals surface area (Å²) in [7, 11) is 0. The van der Waals surface area contributed by atoms with Crippen LogP contribution in [0, 0.1) is 5.92 Å². The Hall–Kier alpha value is -1.84. The zero-order chi connectivity index (χ0) is 15.8. The van der Waals surface area contributed by atoms with E-state index in [1.165, 1.54) is 37.0 Å². The second-order valence-electron chi connectivity index (χ2n) is 7.29. The summed E-state index contributed by atoms with van der Waals surface area (Å²) < 4.78 is 2.32. The van der Waals surface area contributed by atoms with Gasteiger partial charge in [0.25, 0.3) is 5.91 Å². The van der Waals surface area contributed by atoms with Crippen LogP contribution in [0.2, 0.25) is 0 Å². The number of aryl methyl sites for hydroxylation is 1. The van der Waals surface area contributed by atoms with E-state index in [2.05, 4.69) is 22.9 Å². The highest BCUT2D eigenvalue weighted by Crippen LogP contribution is 2.26. The fourth-order valence-corrected chi connectivity index (χ4v) is 4.01. The third-order valence-electron chi connectivity index (χ3n) is 5.41. The molecule has 0 bridgehead atoms. The number of aromatic nitrogens is 2. The summed E-state index contributed by atoms with van der Waals surface area (Å²) in [6.45, 7) is 3.33. The van der Waals surface area contributed by atoms with E-state index >= 15 is 0 Å². The minimum atomic E-state index is 0.0538. The molecule has 1 amide bonds. The van der Waals surface area contributed by atoms with E-state index in [1.54, 1.807) is 0 Å². The van der Waals surface area contributed by atoms with E-state index in [0.717, 1.165) is 36.9 Å². The van der Waals surface area contributed by atoms with E-state index in [0.29, 0.717) is 12.0 Å². The summed E-state index contributed by atoms with van der Waals surface area (Å²) in [6.07, 6.45) is 8.25. The first-order valence-corrected chi connectivity index (χ1v) is 9.01. The van der Waals surface area contributed by atoms with Gasteiger partial charge in [-0.15, -0.1) is 0 Å². The first kappa shape index (κ1) is 14.7. The summed E-state index contributed by atoms with van der Waals surface area (Å²) in [6, 6.07) is 6.33. The number of benzene rings is 1. The third kappa shape index (κ3) is 2.87. The first-order valence-electron chi connectivity index (χ1n) is 9.01. The van der Waals surface area contributed by atoms with Crippen molar-refractivity contribution in [3.8, 4) is 0 Å². The largest absolute Gasteiger partial charge is 0.349 e. The van der Waals surface area contributed by atoms with Crippen molar-refractivity contribution in [3.63, 3.8) is 0 Å². The van der Waals surface area contributed by atoms with Gasteiger partial charge in [-0.05, 0) is 43.4 Å². The normalized spacial score (nSPS) is 22.0. The topological polar surface area (TPSA) is 46.9 Å². The fraction of sp³-hybridized carbons (Fsp3) is 0.579. The van der Waals surface area contributed by atoms with Crippen molar-refractivity contribution in [2.45, 2.75) is 64.5 Å². The Morgan fingerprint density at radius 2 is 2.04 bits per heavy atom. The molecule has 1 aromatic carbocycles. The summed E-state index contributed by atoms with van der Waals surface area (Å²) in [5.74, 6) is 1.93. The Morgan fingerprint density at radius 1 is 1.22 bits per heavy atom. The van der Waals surface area contributed by atoms with Gasteiger partial charge < -0.3 is 9.88 Å². The number of imidazole rings is 1. The molecule has 1 aromatic heterocycles. The molecule has 0 unspecified atom stereocenters. The van der Waals surface area contributed by atoms with E-state index < -0.39 is 0 Å². The highest BCUT2D eigenvalue weighted by atomic mass is 16.1. The van der Waals surface area contributed by atoms with Gasteiger partial charge >= 0.3 is 0 Å². The molecule has 1 atom stereocenters. The Labute approximate surface area is 137 Å². The molecule has 2 aliphatic rings. The molecule has 23 heavy (non-hydrogen) atoms. The van der Waals surface area contributed by atoms with E-state index in [1.807, 2.05) is 12.1 Å². The molecule has 2 aromatic rings. The van der Waals surface area contributed by atoms with Gasteiger partial charge in [0.2, 0.25) is 0 Å². The molecule has 2 heterocycles. The monoisotopic (exact) mass is 311 g/mol. The Kier molecular flexibility index (Phi) is 3.83. The SMILES string of the molecule is C[C@H]1CCn2c(nc3cc(C(=O)NC4CCCCC4)ccc32)C1. The van der Waals surface area contributed by atoms with Crippen LogP contribution in [0.3, 0.4) is 0 Å². The number of carbonyl (C=O) groups excluding carboxylic acids is 1. The summed E-state index contributed by atoms with van der Waals surface area (Å²) in [5.41, 5.74) is 2.87. The molecule has 0 saturated heterocycles. The number of amides is 1. The van der Waals surface area contributed by atoms with Gasteiger partial charge in [0.05, 0.1) is 11.0 Å². The lowest BCUT2D eigenvalue weighted by Crippen LogP contribution is -2.36. The van der Waals surface area contributed by atoms with Crippen LogP contribution in [-0.2, 0) is 13.0 Å². The quantitative estimate of drug-likeness (QED) is 0.919. The number of rotatable bonds is 2. The molecule has 122 valence electrons. The molecular weight excluding hydrogens is 286 g/mol. The van der Waals surface area contributed by atoms with Crippen LogP contribution in [-0.4, -0.2) is 21.5 Å². The smallest absolute Gasteiger partial charge is 0.251 e. The fourth-order valence-electron chi connectivity index (χ4n) is 4.01. The minimum absolute atomic E-state index is 0.0538. The van der Waals surface area contributed by atoms with Crippen LogP contribution in [0.15, 0.2) is 18.2 Å². The van der Waals surface area contributed by atoms with Crippen LogP contribution in [0.5, 0.6) is 0 Å². The molecule has 1 aliphatic heterocycles. The van der Waals surface area contributed by atoms with Crippen molar-refractivity contribution < 1.29 is 4.79 Å². The highest BCUT2D eigenvalue weighted by molar-refractivity contribution is 5.97. The lowest BCUT2D eigenvalue weighted by Gasteiger charge is -2.22. The van der Waals surface area contributed by atoms with Gasteiger partial charge in [-0.3, -0.25) is 4.79 Å². The van der Waals surface area contributed by atoms with Crippen LogP contribution < -0.4 is 5.32 Å². The summed E-state index contributed by atoms with van der Waals surface area (Å²) in [5, 5.41) is 3.20. The maximum absolute atomic E-state index is 12.5. The second-order valence-corrected chi connectivity index (χ2v) is 7.29. The maximum atomic E-state index is 12.5. The van der Waals surface area contributed by atoms with Crippen molar-refractivity contribution in [1.82, 2.24) is 14.9 Å². The third-order valence-corrected chi connectivity index (χ3v) is 5.41. The number of hydrogen-bond acceptors (Lipinski definition) is 2. The molecule has 4 rings (SSSR count). The average Bonchev–Trinajstić information content (AvgIpc) is 2.92. The Morgan fingerprint density at radius 3 is 2.87 bits per heavy atom. The summed E-state index contributed by atoms with van der Waals surface area (Å²) in [4.78, 5) is 17.3. The van der Waals surface area contributed by atoms with Gasteiger partial charge in [0, 0.05) is 24.6 Å². The van der Waals surface area contributed by atoms with Crippen molar-refractivity contribution >= 4 is 16.9 Å². The standard InChI is InChI=1S/C19H25N3O/c1-13-9-10-22-17-8-7-14(12-16(17)21-18(22)11-13)19(23)20-15-5-3-2-4-6-15/h7-8,12-13,15H,2-6,9-11H2,1H3,(H,20,23)/t13-/m0/s1. The molecule has 1 fully saturated rings. The maximum Gasteiger partial charge on any atom is 0.251 e. The highest BCUT2D eigenvalue weighted by Gasteiger charge is 2.21. The molecule has 1 N–H and O–H groups in total. The predicted molar refractivity (Wildman–Crippen MR) is 91.6 cm³/mol. The zero-order valence-electron chi connectivity index (χ0n) is 13.8. The number of hydrogen-bond donors (Lipinski definition) is 1. The van der Waals surface area contributed by atoms with E-state index in [-0.39, 0.29) is 5.91 Å². The average molecular weight is 311 g/mol. The number of carbonyl (C=O) groups is 1. The van der Waals surface area contributed by atoms with Gasteiger partial charge in [-0.1, -0.05) is 26.2 Å². The molecule has 4 nitrogen and oxygen atoms in total. The molecule has 1 aliphatic carbocycles. The zero-order valence-corrected chi connectivity index (χ0v) is 13.8. The van der Waals surface area contributed by atoms with Crippen LogP contribution in [0.25, 0.3) is 11.0 Å². The molecule has 1 saturated carbocycles. The number of nitrogens with one attached hydrogen (secondary N) is 1. The van der Waals surface area contributed by atoms with Gasteiger partial charge in [-0.2, -0.15) is 0 Å². The summed E-state index contributed by atoms with van der Waals surface area (Å²) >= 11 is 0. The molecule has 4 heteroatoms. The van der Waals surface area contributed by atoms with Crippen molar-refractivity contribution in [2.24, 2.45) is 5.92 Å². The molecule has 0 radical (unpaired) electrons. The minimum Gasteiger partial charge on any atom is -0.349 e. The van der Waals surface area contributed by atoms with Crippen molar-refractivity contribution in [2.75, 3.05) is 0 Å². The van der Waals surface area contributed by atoms with Crippen molar-refractivity contribution in [1.29, 1.82) is 0 Å². The van der Waals surface area contributed by atoms with E-state index in [9.17, 15) is 4.79 Å². The second kappa shape index (κ2) is 5.99. The van der Waals surface area contributed by atoms with Crippen LogP contribution >= 0.6 is 0 Å². The van der Waals surface area contributed by atoms with Gasteiger partial charge in [0.1, 0.15) is 5.82 Å². The predicted octanol–water partition coefficient (Wildman–Crippen LogP) is 3.68. The lowest BCUT2D eigenvalue weighted by molar-refractivity contribution is 0.0928. The van der Waals surface area contributed by atoms with Crippen LogP contribution in [0.4, 0.5) is 0 Å². The lowest BCUT2D eigenvalue weighted by atomic mass is 9.95. The van der Waals surface area contributed by atoms with Gasteiger partial charge in [-0.25, -0.2) is 4.98 Å². The van der Waals surface area contributed by atoms with E-state index in [4.69, 9.17) is 4.98 Å².